The van der Waals surface area contributed by atoms with E-state index in [1.165, 1.54) is 0 Å². The molecular weight excluding hydrogens is 390 g/mol. The number of hydrogen-bond acceptors (Lipinski definition) is 4. The Balaban J connectivity index is 1.71. The molecule has 0 aliphatic carbocycles. The van der Waals surface area contributed by atoms with Crippen LogP contribution < -0.4 is 0 Å². The number of esters is 1. The van der Waals surface area contributed by atoms with Crippen LogP contribution >= 0.6 is 0 Å². The maximum Gasteiger partial charge on any atom is 0.338 e. The van der Waals surface area contributed by atoms with E-state index in [-0.39, 0.29) is 18.4 Å². The largest absolute Gasteiger partial charge is 0.454 e. The lowest BCUT2D eigenvalue weighted by Crippen LogP contribution is -2.17. The van der Waals surface area contributed by atoms with Crippen LogP contribution in [0.2, 0.25) is 0 Å². The van der Waals surface area contributed by atoms with E-state index in [0.717, 1.165) is 22.5 Å². The molecular formula is C26H29NO4. The summed E-state index contributed by atoms with van der Waals surface area (Å²) in [7, 11) is 1.66. The Labute approximate surface area is 183 Å². The lowest BCUT2D eigenvalue weighted by atomic mass is 10.00. The highest BCUT2D eigenvalue weighted by atomic mass is 16.5. The van der Waals surface area contributed by atoms with Crippen LogP contribution in [0.5, 0.6) is 0 Å². The molecule has 0 unspecified atom stereocenters. The first kappa shape index (κ1) is 22.5. The van der Waals surface area contributed by atoms with Crippen LogP contribution in [-0.4, -0.2) is 36.6 Å². The third-order valence-electron chi connectivity index (χ3n) is 5.44. The molecule has 0 bridgehead atoms. The Kier molecular flexibility index (Phi) is 7.42. The van der Waals surface area contributed by atoms with Crippen molar-refractivity contribution in [2.45, 2.75) is 33.2 Å². The van der Waals surface area contributed by atoms with Crippen molar-refractivity contribution < 1.29 is 19.1 Å². The van der Waals surface area contributed by atoms with Crippen molar-refractivity contribution >= 4 is 11.8 Å². The van der Waals surface area contributed by atoms with Crippen LogP contribution in [0.3, 0.4) is 0 Å². The quantitative estimate of drug-likeness (QED) is 0.364. The second-order valence-electron chi connectivity index (χ2n) is 7.78. The van der Waals surface area contributed by atoms with Gasteiger partial charge in [0.15, 0.2) is 6.61 Å². The summed E-state index contributed by atoms with van der Waals surface area (Å²) in [5.41, 5.74) is 4.87. The zero-order chi connectivity index (χ0) is 22.4. The van der Waals surface area contributed by atoms with E-state index in [1.54, 1.807) is 19.2 Å². The minimum Gasteiger partial charge on any atom is -0.454 e. The third kappa shape index (κ3) is 5.30. The van der Waals surface area contributed by atoms with Gasteiger partial charge in [0.05, 0.1) is 18.2 Å². The molecule has 0 amide bonds. The highest BCUT2D eigenvalue weighted by molar-refractivity contribution is 6.00. The first-order valence-electron chi connectivity index (χ1n) is 10.4. The van der Waals surface area contributed by atoms with Crippen molar-refractivity contribution in [3.8, 4) is 0 Å². The first-order chi connectivity index (χ1) is 14.9. The number of nitrogens with zero attached hydrogens (tertiary/aromatic N) is 1. The summed E-state index contributed by atoms with van der Waals surface area (Å²) in [6, 6.07) is 19.3. The van der Waals surface area contributed by atoms with Crippen molar-refractivity contribution in [1.82, 2.24) is 4.57 Å². The molecule has 31 heavy (non-hydrogen) atoms. The Bertz CT molecular complexity index is 1050. The summed E-state index contributed by atoms with van der Waals surface area (Å²) in [5.74, 6) is -0.695. The molecule has 0 fully saturated rings. The zero-order valence-corrected chi connectivity index (χ0v) is 18.6. The number of methoxy groups -OCH3 is 1. The maximum absolute atomic E-state index is 12.8. The Morgan fingerprint density at radius 3 is 2.35 bits per heavy atom. The molecule has 0 radical (unpaired) electrons. The summed E-state index contributed by atoms with van der Waals surface area (Å²) in [5, 5.41) is 0. The maximum atomic E-state index is 12.8. The topological polar surface area (TPSA) is 57.5 Å². The van der Waals surface area contributed by atoms with Gasteiger partial charge in [0.2, 0.25) is 5.78 Å². The van der Waals surface area contributed by atoms with E-state index in [4.69, 9.17) is 9.47 Å². The highest BCUT2D eigenvalue weighted by Gasteiger charge is 2.21. The standard InChI is InChI=1S/C26H29NO4/c1-18-14-24(20(3)27(18)19(2)16-30-4)25(28)17-31-26(29)23-13-9-8-12-22(23)15-21-10-6-5-7-11-21/h5-14,19H,15-17H2,1-4H3/t19-/m1/s1. The van der Waals surface area contributed by atoms with E-state index >= 15 is 0 Å². The summed E-state index contributed by atoms with van der Waals surface area (Å²) < 4.78 is 12.7. The van der Waals surface area contributed by atoms with Gasteiger partial charge in [-0.1, -0.05) is 48.5 Å². The van der Waals surface area contributed by atoms with Gasteiger partial charge in [0, 0.05) is 24.1 Å². The molecule has 3 aromatic rings. The number of benzene rings is 2. The van der Waals surface area contributed by atoms with Gasteiger partial charge in [0.1, 0.15) is 0 Å². The number of carbonyl (C=O) groups excluding carboxylic acids is 2. The number of carbonyl (C=O) groups is 2. The fourth-order valence-corrected chi connectivity index (χ4v) is 4.03. The van der Waals surface area contributed by atoms with Gasteiger partial charge in [-0.05, 0) is 50.5 Å². The zero-order valence-electron chi connectivity index (χ0n) is 18.6. The molecule has 0 N–H and O–H groups in total. The molecule has 0 spiro atoms. The summed E-state index contributed by atoms with van der Waals surface area (Å²) in [4.78, 5) is 25.5. The van der Waals surface area contributed by atoms with Gasteiger partial charge >= 0.3 is 5.97 Å². The second-order valence-corrected chi connectivity index (χ2v) is 7.78. The van der Waals surface area contributed by atoms with E-state index in [2.05, 4.69) is 4.57 Å². The average Bonchev–Trinajstić information content (AvgIpc) is 3.07. The minimum absolute atomic E-state index is 0.110. The molecule has 5 heteroatoms. The number of aryl methyl sites for hydroxylation is 1. The van der Waals surface area contributed by atoms with E-state index in [1.807, 2.05) is 69.3 Å². The van der Waals surface area contributed by atoms with Crippen molar-refractivity contribution in [3.63, 3.8) is 0 Å². The Morgan fingerprint density at radius 1 is 0.968 bits per heavy atom. The molecule has 162 valence electrons. The molecule has 0 aliphatic heterocycles. The second kappa shape index (κ2) is 10.2. The Morgan fingerprint density at radius 2 is 1.65 bits per heavy atom. The van der Waals surface area contributed by atoms with Gasteiger partial charge in [-0.15, -0.1) is 0 Å². The van der Waals surface area contributed by atoms with Crippen LogP contribution in [0.1, 0.15) is 56.2 Å². The summed E-state index contributed by atoms with van der Waals surface area (Å²) >= 11 is 0. The van der Waals surface area contributed by atoms with Crippen LogP contribution in [0, 0.1) is 13.8 Å². The van der Waals surface area contributed by atoms with Gasteiger partial charge in [-0.3, -0.25) is 4.79 Å². The first-order valence-corrected chi connectivity index (χ1v) is 10.4. The minimum atomic E-state index is -0.485. The van der Waals surface area contributed by atoms with Gasteiger partial charge in [-0.2, -0.15) is 0 Å². The van der Waals surface area contributed by atoms with Gasteiger partial charge in [-0.25, -0.2) is 4.79 Å². The number of aromatic nitrogens is 1. The van der Waals surface area contributed by atoms with Crippen molar-refractivity contribution in [2.24, 2.45) is 0 Å². The predicted octanol–water partition coefficient (Wildman–Crippen LogP) is 4.94. The summed E-state index contributed by atoms with van der Waals surface area (Å²) in [6.45, 7) is 6.17. The molecule has 0 saturated carbocycles. The highest BCUT2D eigenvalue weighted by Crippen LogP contribution is 2.22. The molecule has 1 aromatic heterocycles. The van der Waals surface area contributed by atoms with Crippen molar-refractivity contribution in [1.29, 1.82) is 0 Å². The molecule has 5 nitrogen and oxygen atoms in total. The lowest BCUT2D eigenvalue weighted by Gasteiger charge is -2.17. The predicted molar refractivity (Wildman–Crippen MR) is 121 cm³/mol. The number of ketones is 1. The lowest BCUT2D eigenvalue weighted by molar-refractivity contribution is 0.0473. The van der Waals surface area contributed by atoms with Crippen LogP contribution in [0.4, 0.5) is 0 Å². The number of Topliss-reactive ketones (excluding diaryl/α,β-unsaturated/α-hetero) is 1. The Hall–Kier alpha value is -3.18. The fourth-order valence-electron chi connectivity index (χ4n) is 4.03. The SMILES string of the molecule is COC[C@@H](C)n1c(C)cc(C(=O)COC(=O)c2ccccc2Cc2ccccc2)c1C. The number of ether oxygens (including phenoxy) is 2. The fraction of sp³-hybridized carbons (Fsp3) is 0.308. The molecule has 1 atom stereocenters. The number of hydrogen-bond donors (Lipinski definition) is 0. The van der Waals surface area contributed by atoms with E-state index in [9.17, 15) is 9.59 Å². The van der Waals surface area contributed by atoms with Crippen LogP contribution in [0.15, 0.2) is 60.7 Å². The average molecular weight is 420 g/mol. The molecule has 0 saturated heterocycles. The van der Waals surface area contributed by atoms with E-state index in [0.29, 0.717) is 24.2 Å². The van der Waals surface area contributed by atoms with Crippen LogP contribution in [-0.2, 0) is 15.9 Å². The molecule has 1 heterocycles. The molecule has 3 rings (SSSR count). The molecule has 2 aromatic carbocycles. The molecule has 0 aliphatic rings. The third-order valence-corrected chi connectivity index (χ3v) is 5.44. The van der Waals surface area contributed by atoms with Crippen molar-refractivity contribution in [2.75, 3.05) is 20.3 Å². The summed E-state index contributed by atoms with van der Waals surface area (Å²) in [6.07, 6.45) is 0.624. The van der Waals surface area contributed by atoms with Crippen LogP contribution in [0.25, 0.3) is 0 Å². The monoisotopic (exact) mass is 419 g/mol. The van der Waals surface area contributed by atoms with Crippen molar-refractivity contribution in [3.05, 3.63) is 94.3 Å². The number of rotatable bonds is 9. The van der Waals surface area contributed by atoms with Gasteiger partial charge < -0.3 is 14.0 Å². The normalized spacial score (nSPS) is 11.9. The smallest absolute Gasteiger partial charge is 0.338 e. The van der Waals surface area contributed by atoms with Gasteiger partial charge in [0.25, 0.3) is 0 Å². The van der Waals surface area contributed by atoms with E-state index < -0.39 is 5.97 Å².